The molecule has 8 heteroatoms. The van der Waals surface area contributed by atoms with Gasteiger partial charge in [-0.15, -0.1) is 11.3 Å². The van der Waals surface area contributed by atoms with Crippen LogP contribution in [-0.4, -0.2) is 31.9 Å². The van der Waals surface area contributed by atoms with E-state index in [0.717, 1.165) is 15.3 Å². The minimum absolute atomic E-state index is 0.00266. The summed E-state index contributed by atoms with van der Waals surface area (Å²) >= 11 is 1.60. The Hall–Kier alpha value is -2.87. The summed E-state index contributed by atoms with van der Waals surface area (Å²) in [4.78, 5) is 35.3. The topological polar surface area (TPSA) is 101 Å². The number of aromatic nitrogens is 4. The molecule has 3 aromatic rings. The van der Waals surface area contributed by atoms with Gasteiger partial charge in [0.15, 0.2) is 11.6 Å². The number of aryl methyl sites for hydroxylation is 3. The van der Waals surface area contributed by atoms with Crippen molar-refractivity contribution in [2.24, 2.45) is 0 Å². The van der Waals surface area contributed by atoms with Gasteiger partial charge in [0.05, 0.1) is 6.04 Å². The molecule has 3 heterocycles. The van der Waals surface area contributed by atoms with Crippen molar-refractivity contribution in [1.82, 2.24) is 25.5 Å². The van der Waals surface area contributed by atoms with E-state index in [-0.39, 0.29) is 30.6 Å². The Morgan fingerprint density at radius 1 is 1.21 bits per heavy atom. The molecule has 0 unspecified atom stereocenters. The molecular formula is C20H23N5O2S. The van der Waals surface area contributed by atoms with E-state index in [2.05, 4.69) is 25.5 Å². The van der Waals surface area contributed by atoms with Gasteiger partial charge in [-0.3, -0.25) is 19.7 Å². The SMILES string of the molecule is Cc1ccnc(-c2n[nH]c([C@@H](C)NC(=O)CCC(=O)c3cc(C)sc3C)n2)c1. The van der Waals surface area contributed by atoms with E-state index in [4.69, 9.17) is 0 Å². The second kappa shape index (κ2) is 8.43. The van der Waals surface area contributed by atoms with Crippen LogP contribution >= 0.6 is 11.3 Å². The second-order valence-electron chi connectivity index (χ2n) is 6.80. The number of carbonyl (C=O) groups excluding carboxylic acids is 2. The average Bonchev–Trinajstić information content (AvgIpc) is 3.26. The van der Waals surface area contributed by atoms with Crippen LogP contribution in [-0.2, 0) is 4.79 Å². The Labute approximate surface area is 167 Å². The first kappa shape index (κ1) is 19.9. The predicted molar refractivity (Wildman–Crippen MR) is 108 cm³/mol. The van der Waals surface area contributed by atoms with Gasteiger partial charge in [0.2, 0.25) is 5.91 Å². The average molecular weight is 398 g/mol. The molecule has 0 aliphatic rings. The number of hydrogen-bond acceptors (Lipinski definition) is 6. The molecular weight excluding hydrogens is 374 g/mol. The number of Topliss-reactive ketones (excluding diaryl/α,β-unsaturated/α-hetero) is 1. The minimum atomic E-state index is -0.348. The van der Waals surface area contributed by atoms with Crippen LogP contribution in [0.25, 0.3) is 11.5 Å². The smallest absolute Gasteiger partial charge is 0.221 e. The van der Waals surface area contributed by atoms with E-state index in [1.165, 1.54) is 0 Å². The molecule has 2 N–H and O–H groups in total. The fourth-order valence-electron chi connectivity index (χ4n) is 2.89. The summed E-state index contributed by atoms with van der Waals surface area (Å²) in [6, 6.07) is 5.34. The zero-order valence-electron chi connectivity index (χ0n) is 16.4. The van der Waals surface area contributed by atoms with Gasteiger partial charge >= 0.3 is 0 Å². The van der Waals surface area contributed by atoms with Crippen LogP contribution in [0.1, 0.15) is 57.3 Å². The fraction of sp³-hybridized carbons (Fsp3) is 0.350. The second-order valence-corrected chi connectivity index (χ2v) is 8.26. The third kappa shape index (κ3) is 4.69. The quantitative estimate of drug-likeness (QED) is 0.592. The number of rotatable bonds is 7. The summed E-state index contributed by atoms with van der Waals surface area (Å²) in [6.45, 7) is 7.69. The molecule has 0 aliphatic heterocycles. The largest absolute Gasteiger partial charge is 0.346 e. The summed E-state index contributed by atoms with van der Waals surface area (Å²) in [7, 11) is 0. The molecule has 0 bridgehead atoms. The van der Waals surface area contributed by atoms with Crippen LogP contribution in [0, 0.1) is 20.8 Å². The Morgan fingerprint density at radius 3 is 2.68 bits per heavy atom. The van der Waals surface area contributed by atoms with E-state index >= 15 is 0 Å². The summed E-state index contributed by atoms with van der Waals surface area (Å²) in [5, 5.41) is 9.88. The van der Waals surface area contributed by atoms with E-state index in [0.29, 0.717) is 22.9 Å². The number of carbonyl (C=O) groups is 2. The molecule has 7 nitrogen and oxygen atoms in total. The molecule has 0 aliphatic carbocycles. The molecule has 0 spiro atoms. The minimum Gasteiger partial charge on any atom is -0.346 e. The maximum atomic E-state index is 12.3. The van der Waals surface area contributed by atoms with E-state index in [1.54, 1.807) is 17.5 Å². The number of pyridine rings is 1. The lowest BCUT2D eigenvalue weighted by atomic mass is 10.1. The van der Waals surface area contributed by atoms with E-state index in [1.807, 2.05) is 45.9 Å². The molecule has 0 saturated carbocycles. The summed E-state index contributed by atoms with van der Waals surface area (Å²) in [5.41, 5.74) is 2.46. The first-order valence-electron chi connectivity index (χ1n) is 9.08. The predicted octanol–water partition coefficient (Wildman–Crippen LogP) is 3.69. The highest BCUT2D eigenvalue weighted by molar-refractivity contribution is 7.12. The van der Waals surface area contributed by atoms with E-state index in [9.17, 15) is 9.59 Å². The van der Waals surface area contributed by atoms with Crippen LogP contribution in [0.3, 0.4) is 0 Å². The Morgan fingerprint density at radius 2 is 2.00 bits per heavy atom. The highest BCUT2D eigenvalue weighted by Crippen LogP contribution is 2.22. The van der Waals surface area contributed by atoms with Crippen molar-refractivity contribution < 1.29 is 9.59 Å². The number of nitrogens with one attached hydrogen (secondary N) is 2. The van der Waals surface area contributed by atoms with Crippen LogP contribution in [0.15, 0.2) is 24.4 Å². The highest BCUT2D eigenvalue weighted by Gasteiger charge is 2.17. The van der Waals surface area contributed by atoms with Crippen LogP contribution in [0.5, 0.6) is 0 Å². The summed E-state index contributed by atoms with van der Waals surface area (Å²) in [5.74, 6) is 0.828. The van der Waals surface area contributed by atoms with Gasteiger partial charge < -0.3 is 5.32 Å². The zero-order chi connectivity index (χ0) is 20.3. The lowest BCUT2D eigenvalue weighted by Gasteiger charge is -2.10. The number of nitrogens with zero attached hydrogens (tertiary/aromatic N) is 3. The van der Waals surface area contributed by atoms with Crippen molar-refractivity contribution in [3.05, 3.63) is 51.1 Å². The summed E-state index contributed by atoms with van der Waals surface area (Å²) in [6.07, 6.45) is 2.03. The first-order chi connectivity index (χ1) is 13.3. The third-order valence-electron chi connectivity index (χ3n) is 4.36. The number of H-pyrrole nitrogens is 1. The molecule has 0 fully saturated rings. The van der Waals surface area contributed by atoms with Crippen molar-refractivity contribution >= 4 is 23.0 Å². The Bertz CT molecular complexity index is 1010. The molecule has 0 saturated heterocycles. The Kier molecular flexibility index (Phi) is 5.99. The highest BCUT2D eigenvalue weighted by atomic mass is 32.1. The summed E-state index contributed by atoms with van der Waals surface area (Å²) < 4.78 is 0. The molecule has 3 aromatic heterocycles. The van der Waals surface area contributed by atoms with Crippen molar-refractivity contribution in [3.63, 3.8) is 0 Å². The van der Waals surface area contributed by atoms with Crippen LogP contribution < -0.4 is 5.32 Å². The van der Waals surface area contributed by atoms with Gasteiger partial charge in [-0.25, -0.2) is 4.98 Å². The molecule has 1 amide bonds. The number of thiophene rings is 1. The molecule has 0 radical (unpaired) electrons. The molecule has 28 heavy (non-hydrogen) atoms. The van der Waals surface area contributed by atoms with Gasteiger partial charge in [-0.2, -0.15) is 5.10 Å². The standard InChI is InChI=1S/C20H23N5O2S/c1-11-7-8-21-16(9-11)20-23-19(24-25-20)13(3)22-18(27)6-5-17(26)15-10-12(2)28-14(15)4/h7-10,13H,5-6H2,1-4H3,(H,22,27)(H,23,24,25)/t13-/m1/s1. The third-order valence-corrected chi connectivity index (χ3v) is 5.32. The lowest BCUT2D eigenvalue weighted by Crippen LogP contribution is -2.27. The van der Waals surface area contributed by atoms with Crippen molar-refractivity contribution in [3.8, 4) is 11.5 Å². The van der Waals surface area contributed by atoms with Crippen molar-refractivity contribution in [2.45, 2.75) is 46.6 Å². The Balaban J connectivity index is 1.56. The monoisotopic (exact) mass is 397 g/mol. The fourth-order valence-corrected chi connectivity index (χ4v) is 3.83. The van der Waals surface area contributed by atoms with E-state index < -0.39 is 0 Å². The number of hydrogen-bond donors (Lipinski definition) is 2. The van der Waals surface area contributed by atoms with Crippen molar-refractivity contribution in [2.75, 3.05) is 0 Å². The molecule has 3 rings (SSSR count). The number of amides is 1. The number of aromatic amines is 1. The number of ketones is 1. The molecule has 1 atom stereocenters. The maximum Gasteiger partial charge on any atom is 0.221 e. The molecule has 146 valence electrons. The van der Waals surface area contributed by atoms with Gasteiger partial charge in [0, 0.05) is 34.4 Å². The van der Waals surface area contributed by atoms with Gasteiger partial charge in [0.25, 0.3) is 0 Å². The van der Waals surface area contributed by atoms with Gasteiger partial charge in [-0.1, -0.05) is 0 Å². The lowest BCUT2D eigenvalue weighted by molar-refractivity contribution is -0.121. The van der Waals surface area contributed by atoms with Gasteiger partial charge in [0.1, 0.15) is 11.5 Å². The first-order valence-corrected chi connectivity index (χ1v) is 9.90. The van der Waals surface area contributed by atoms with Crippen LogP contribution in [0.2, 0.25) is 0 Å². The normalized spacial score (nSPS) is 12.0. The molecule has 0 aromatic carbocycles. The maximum absolute atomic E-state index is 12.3. The van der Waals surface area contributed by atoms with Gasteiger partial charge in [-0.05, 0) is 51.5 Å². The zero-order valence-corrected chi connectivity index (χ0v) is 17.2. The van der Waals surface area contributed by atoms with Crippen LogP contribution in [0.4, 0.5) is 0 Å². The van der Waals surface area contributed by atoms with Crippen molar-refractivity contribution in [1.29, 1.82) is 0 Å².